The van der Waals surface area contributed by atoms with Crippen molar-refractivity contribution in [2.45, 2.75) is 6.18 Å². The molecule has 3 rings (SSSR count). The first kappa shape index (κ1) is 19.6. The predicted octanol–water partition coefficient (Wildman–Crippen LogP) is 5.16. The van der Waals surface area contributed by atoms with E-state index in [4.69, 9.17) is 21.1 Å². The van der Waals surface area contributed by atoms with Crippen molar-refractivity contribution >= 4 is 23.4 Å². The molecule has 146 valence electrons. The van der Waals surface area contributed by atoms with Crippen LogP contribution in [0, 0.1) is 0 Å². The third kappa shape index (κ3) is 4.37. The summed E-state index contributed by atoms with van der Waals surface area (Å²) in [5.41, 5.74) is -0.821. The molecule has 6 nitrogen and oxygen atoms in total. The zero-order chi connectivity index (χ0) is 20.3. The lowest BCUT2D eigenvalue weighted by Gasteiger charge is -2.13. The van der Waals surface area contributed by atoms with Crippen molar-refractivity contribution in [3.05, 3.63) is 65.4 Å². The predicted molar refractivity (Wildman–Crippen MR) is 96.2 cm³/mol. The topological polar surface area (TPSA) is 65.4 Å². The average molecular weight is 412 g/mol. The minimum Gasteiger partial charge on any atom is -0.497 e. The van der Waals surface area contributed by atoms with E-state index in [1.165, 1.54) is 43.5 Å². The van der Waals surface area contributed by atoms with E-state index in [-0.39, 0.29) is 5.69 Å². The van der Waals surface area contributed by atoms with Crippen LogP contribution in [0.3, 0.4) is 0 Å². The summed E-state index contributed by atoms with van der Waals surface area (Å²) < 4.78 is 51.2. The van der Waals surface area contributed by atoms with Crippen LogP contribution >= 0.6 is 11.6 Å². The molecule has 0 unspecified atom stereocenters. The van der Waals surface area contributed by atoms with Gasteiger partial charge in [-0.3, -0.25) is 5.32 Å². The van der Waals surface area contributed by atoms with Crippen LogP contribution in [0.1, 0.15) is 5.69 Å². The van der Waals surface area contributed by atoms with E-state index in [1.54, 1.807) is 12.1 Å². The largest absolute Gasteiger partial charge is 0.497 e. The van der Waals surface area contributed by atoms with Crippen LogP contribution in [-0.2, 0) is 6.18 Å². The smallest absolute Gasteiger partial charge is 0.437 e. The minimum atomic E-state index is -4.82. The Kier molecular flexibility index (Phi) is 5.46. The number of amides is 1. The molecule has 1 heterocycles. The first-order valence-corrected chi connectivity index (χ1v) is 8.20. The Morgan fingerprint density at radius 1 is 1.18 bits per heavy atom. The van der Waals surface area contributed by atoms with Crippen molar-refractivity contribution < 1.29 is 27.4 Å². The fourth-order valence-corrected chi connectivity index (χ4v) is 2.52. The van der Waals surface area contributed by atoms with Gasteiger partial charge in [-0.05, 0) is 36.4 Å². The number of benzene rings is 2. The molecular weight excluding hydrogens is 399 g/mol. The van der Waals surface area contributed by atoms with Crippen molar-refractivity contribution in [1.82, 2.24) is 9.78 Å². The number of anilines is 1. The van der Waals surface area contributed by atoms with E-state index in [9.17, 15) is 18.0 Å². The second kappa shape index (κ2) is 7.81. The highest BCUT2D eigenvalue weighted by atomic mass is 35.5. The molecule has 1 amide bonds. The summed E-state index contributed by atoms with van der Waals surface area (Å²) >= 11 is 5.76. The standard InChI is InChI=1S/C18H13ClF3N3O3/c1-27-14-4-2-3-12(9-14)24-17(26)28-15-10-23-25(16(15)18(20,21)22)13-7-5-11(19)6-8-13/h2-10H,1H3,(H,24,26). The third-order valence-electron chi connectivity index (χ3n) is 3.59. The SMILES string of the molecule is COc1cccc(NC(=O)Oc2cnn(-c3ccc(Cl)cc3)c2C(F)(F)F)c1. The lowest BCUT2D eigenvalue weighted by Crippen LogP contribution is -2.20. The number of carbonyl (C=O) groups excluding carboxylic acids is 1. The van der Waals surface area contributed by atoms with Gasteiger partial charge in [0.2, 0.25) is 0 Å². The molecule has 0 saturated carbocycles. The van der Waals surface area contributed by atoms with Crippen LogP contribution in [0.2, 0.25) is 5.02 Å². The number of aromatic nitrogens is 2. The van der Waals surface area contributed by atoms with Gasteiger partial charge in [-0.2, -0.15) is 18.3 Å². The number of ether oxygens (including phenoxy) is 2. The monoisotopic (exact) mass is 411 g/mol. The van der Waals surface area contributed by atoms with Crippen molar-refractivity contribution in [3.63, 3.8) is 0 Å². The zero-order valence-electron chi connectivity index (χ0n) is 14.3. The summed E-state index contributed by atoms with van der Waals surface area (Å²) in [6.07, 6.45) is -5.10. The molecule has 0 fully saturated rings. The Morgan fingerprint density at radius 2 is 1.89 bits per heavy atom. The van der Waals surface area contributed by atoms with Gasteiger partial charge in [0.1, 0.15) is 5.75 Å². The highest BCUT2D eigenvalue weighted by Crippen LogP contribution is 2.37. The maximum Gasteiger partial charge on any atom is 0.437 e. The van der Waals surface area contributed by atoms with Crippen molar-refractivity contribution in [2.24, 2.45) is 0 Å². The lowest BCUT2D eigenvalue weighted by atomic mass is 10.3. The Hall–Kier alpha value is -3.20. The molecule has 3 aromatic rings. The number of nitrogens with zero attached hydrogens (tertiary/aromatic N) is 2. The average Bonchev–Trinajstić information content (AvgIpc) is 3.06. The van der Waals surface area contributed by atoms with Gasteiger partial charge >= 0.3 is 12.3 Å². The zero-order valence-corrected chi connectivity index (χ0v) is 15.1. The van der Waals surface area contributed by atoms with Crippen molar-refractivity contribution in [1.29, 1.82) is 0 Å². The molecule has 10 heteroatoms. The molecule has 0 atom stereocenters. The van der Waals surface area contributed by atoms with E-state index < -0.39 is 23.7 Å². The van der Waals surface area contributed by atoms with Gasteiger partial charge in [0.05, 0.1) is 19.0 Å². The minimum absolute atomic E-state index is 0.111. The molecular formula is C18H13ClF3N3O3. The van der Waals surface area contributed by atoms with Crippen molar-refractivity contribution in [3.8, 4) is 17.2 Å². The van der Waals surface area contributed by atoms with Crippen LogP contribution in [0.4, 0.5) is 23.7 Å². The van der Waals surface area contributed by atoms with E-state index in [0.717, 1.165) is 6.20 Å². The van der Waals surface area contributed by atoms with E-state index in [0.29, 0.717) is 21.1 Å². The number of hydrogen-bond donors (Lipinski definition) is 1. The van der Waals surface area contributed by atoms with E-state index >= 15 is 0 Å². The summed E-state index contributed by atoms with van der Waals surface area (Å²) in [5.74, 6) is -0.271. The number of hydrogen-bond acceptors (Lipinski definition) is 4. The highest BCUT2D eigenvalue weighted by Gasteiger charge is 2.40. The fourth-order valence-electron chi connectivity index (χ4n) is 2.39. The molecule has 0 aliphatic carbocycles. The van der Waals surface area contributed by atoms with E-state index in [2.05, 4.69) is 10.4 Å². The molecule has 0 aliphatic rings. The molecule has 28 heavy (non-hydrogen) atoms. The third-order valence-corrected chi connectivity index (χ3v) is 3.85. The van der Waals surface area contributed by atoms with Gasteiger partial charge in [-0.1, -0.05) is 17.7 Å². The fraction of sp³-hybridized carbons (Fsp3) is 0.111. The number of rotatable bonds is 4. The molecule has 0 aliphatic heterocycles. The second-order valence-corrected chi connectivity index (χ2v) is 5.93. The van der Waals surface area contributed by atoms with Gasteiger partial charge < -0.3 is 9.47 Å². The number of carbonyl (C=O) groups is 1. The molecule has 2 aromatic carbocycles. The Morgan fingerprint density at radius 3 is 2.54 bits per heavy atom. The quantitative estimate of drug-likeness (QED) is 0.643. The Balaban J connectivity index is 1.87. The number of methoxy groups -OCH3 is 1. The molecule has 1 aromatic heterocycles. The molecule has 0 saturated heterocycles. The molecule has 0 spiro atoms. The van der Waals surface area contributed by atoms with Gasteiger partial charge in [-0.25, -0.2) is 9.48 Å². The van der Waals surface area contributed by atoms with E-state index in [1.807, 2.05) is 0 Å². The summed E-state index contributed by atoms with van der Waals surface area (Å²) in [7, 11) is 1.44. The van der Waals surface area contributed by atoms with Gasteiger partial charge in [0, 0.05) is 16.8 Å². The second-order valence-electron chi connectivity index (χ2n) is 5.49. The molecule has 0 bridgehead atoms. The Labute approximate surface area is 162 Å². The highest BCUT2D eigenvalue weighted by molar-refractivity contribution is 6.30. The van der Waals surface area contributed by atoms with Crippen LogP contribution in [-0.4, -0.2) is 23.0 Å². The maximum atomic E-state index is 13.6. The van der Waals surface area contributed by atoms with Gasteiger partial charge in [-0.15, -0.1) is 0 Å². The Bertz CT molecular complexity index is 988. The number of halogens is 4. The van der Waals surface area contributed by atoms with Crippen LogP contribution in [0.15, 0.2) is 54.7 Å². The summed E-state index contributed by atoms with van der Waals surface area (Å²) in [5, 5.41) is 6.40. The first-order chi connectivity index (χ1) is 13.3. The number of alkyl halides is 3. The van der Waals surface area contributed by atoms with Gasteiger partial charge in [0.25, 0.3) is 0 Å². The molecule has 1 N–H and O–H groups in total. The molecule has 0 radical (unpaired) electrons. The summed E-state index contributed by atoms with van der Waals surface area (Å²) in [6.45, 7) is 0. The van der Waals surface area contributed by atoms with Crippen LogP contribution < -0.4 is 14.8 Å². The first-order valence-electron chi connectivity index (χ1n) is 7.82. The van der Waals surface area contributed by atoms with Crippen LogP contribution in [0.25, 0.3) is 5.69 Å². The lowest BCUT2D eigenvalue weighted by molar-refractivity contribution is -0.143. The number of nitrogens with one attached hydrogen (secondary N) is 1. The maximum absolute atomic E-state index is 13.6. The van der Waals surface area contributed by atoms with Crippen LogP contribution in [0.5, 0.6) is 11.5 Å². The van der Waals surface area contributed by atoms with Crippen molar-refractivity contribution in [2.75, 3.05) is 12.4 Å². The van der Waals surface area contributed by atoms with Gasteiger partial charge in [0.15, 0.2) is 11.4 Å². The normalized spacial score (nSPS) is 11.2. The summed E-state index contributed by atoms with van der Waals surface area (Å²) in [4.78, 5) is 12.1. The summed E-state index contributed by atoms with van der Waals surface area (Å²) in [6, 6.07) is 11.9.